The number of sulfonamides is 1. The topological polar surface area (TPSA) is 59.5 Å². The zero-order chi connectivity index (χ0) is 16.0. The van der Waals surface area contributed by atoms with E-state index >= 15 is 0 Å². The number of hydrogen-bond acceptors (Lipinski definition) is 5. The van der Waals surface area contributed by atoms with Gasteiger partial charge in [-0.1, -0.05) is 0 Å². The molecule has 0 unspecified atom stereocenters. The molecule has 2 aliphatic heterocycles. The molecule has 0 N–H and O–H groups in total. The number of halogens is 1. The van der Waals surface area contributed by atoms with Crippen molar-refractivity contribution in [3.05, 3.63) is 24.1 Å². The highest BCUT2D eigenvalue weighted by molar-refractivity contribution is 8.01. The van der Waals surface area contributed by atoms with Gasteiger partial charge in [0.15, 0.2) is 5.82 Å². The lowest BCUT2D eigenvalue weighted by Crippen LogP contribution is -2.61. The lowest BCUT2D eigenvalue weighted by Gasteiger charge is -2.46. The highest BCUT2D eigenvalue weighted by atomic mass is 32.2. The van der Waals surface area contributed by atoms with E-state index in [1.54, 1.807) is 25.6 Å². The Morgan fingerprint density at radius 3 is 2.86 bits per heavy atom. The summed E-state index contributed by atoms with van der Waals surface area (Å²) < 4.78 is 44.8. The van der Waals surface area contributed by atoms with E-state index in [2.05, 4.69) is 4.98 Å². The minimum absolute atomic E-state index is 0.0242. The second-order valence-corrected chi connectivity index (χ2v) is 10.1. The second-order valence-electron chi connectivity index (χ2n) is 6.09. The minimum atomic E-state index is -3.18. The van der Waals surface area contributed by atoms with Crippen LogP contribution in [0.25, 0.3) is 0 Å². The maximum atomic E-state index is 13.6. The molecule has 0 aliphatic carbocycles. The molecule has 22 heavy (non-hydrogen) atoms. The molecule has 0 amide bonds. The van der Waals surface area contributed by atoms with Gasteiger partial charge in [0.05, 0.1) is 5.25 Å². The fourth-order valence-electron chi connectivity index (χ4n) is 2.79. The molecule has 1 aromatic heterocycles. The first kappa shape index (κ1) is 16.0. The standard InChI is InChI=1S/C14H19FN2O3S2/c1-10(2)22(18,19)17-8-14(9-17)6-11(7-21-14)20-13-12(15)4-3-5-16-13/h3-5,10-11H,6-9H2,1-2H3/t11-/m1/s1. The van der Waals surface area contributed by atoms with Crippen LogP contribution >= 0.6 is 11.8 Å². The van der Waals surface area contributed by atoms with E-state index in [9.17, 15) is 12.8 Å². The molecule has 3 heterocycles. The van der Waals surface area contributed by atoms with Gasteiger partial charge in [0.2, 0.25) is 10.0 Å². The SMILES string of the molecule is CC(C)S(=O)(=O)N1CC2(C[C@@H](Oc3ncccc3F)CS2)C1. The van der Waals surface area contributed by atoms with Crippen LogP contribution in [-0.4, -0.2) is 52.7 Å². The number of pyridine rings is 1. The molecule has 1 spiro atoms. The molecule has 8 heteroatoms. The Labute approximate surface area is 134 Å². The second kappa shape index (κ2) is 5.65. The van der Waals surface area contributed by atoms with E-state index in [0.717, 1.165) is 12.2 Å². The lowest BCUT2D eigenvalue weighted by molar-refractivity contribution is 0.150. The zero-order valence-corrected chi connectivity index (χ0v) is 14.2. The Bertz CT molecular complexity index is 660. The van der Waals surface area contributed by atoms with E-state index in [0.29, 0.717) is 13.1 Å². The van der Waals surface area contributed by atoms with Crippen LogP contribution < -0.4 is 4.74 Å². The van der Waals surface area contributed by atoms with Crippen molar-refractivity contribution in [2.24, 2.45) is 0 Å². The van der Waals surface area contributed by atoms with E-state index in [4.69, 9.17) is 4.74 Å². The van der Waals surface area contributed by atoms with Gasteiger partial charge in [-0.15, -0.1) is 11.8 Å². The summed E-state index contributed by atoms with van der Waals surface area (Å²) in [6.45, 7) is 4.42. The summed E-state index contributed by atoms with van der Waals surface area (Å²) in [5, 5.41) is -0.397. The molecule has 3 rings (SSSR count). The van der Waals surface area contributed by atoms with Gasteiger partial charge >= 0.3 is 0 Å². The van der Waals surface area contributed by atoms with Crippen LogP contribution in [0.15, 0.2) is 18.3 Å². The van der Waals surface area contributed by atoms with Gasteiger partial charge in [0, 0.05) is 36.2 Å². The number of nitrogens with zero attached hydrogens (tertiary/aromatic N) is 2. The van der Waals surface area contributed by atoms with Gasteiger partial charge in [-0.3, -0.25) is 0 Å². The maximum absolute atomic E-state index is 13.6. The van der Waals surface area contributed by atoms with Gasteiger partial charge in [-0.2, -0.15) is 4.31 Å². The van der Waals surface area contributed by atoms with Crippen molar-refractivity contribution in [3.63, 3.8) is 0 Å². The highest BCUT2D eigenvalue weighted by Gasteiger charge is 2.53. The van der Waals surface area contributed by atoms with Crippen molar-refractivity contribution in [1.29, 1.82) is 0 Å². The van der Waals surface area contributed by atoms with Crippen molar-refractivity contribution in [1.82, 2.24) is 9.29 Å². The molecular weight excluding hydrogens is 327 g/mol. The molecule has 1 atom stereocenters. The summed E-state index contributed by atoms with van der Waals surface area (Å²) in [6.07, 6.45) is 2.09. The molecule has 0 bridgehead atoms. The third-order valence-corrected chi connectivity index (χ3v) is 7.81. The molecule has 5 nitrogen and oxygen atoms in total. The lowest BCUT2D eigenvalue weighted by atomic mass is 9.95. The molecule has 0 aromatic carbocycles. The Balaban J connectivity index is 1.59. The largest absolute Gasteiger partial charge is 0.471 e. The Hall–Kier alpha value is -0.860. The summed E-state index contributed by atoms with van der Waals surface area (Å²) in [7, 11) is -3.18. The van der Waals surface area contributed by atoms with Crippen molar-refractivity contribution in [2.45, 2.75) is 36.4 Å². The van der Waals surface area contributed by atoms with Gasteiger partial charge in [-0.05, 0) is 26.0 Å². The summed E-state index contributed by atoms with van der Waals surface area (Å²) in [5.41, 5.74) is 0. The van der Waals surface area contributed by atoms with E-state index in [1.807, 2.05) is 0 Å². The first-order valence-electron chi connectivity index (χ1n) is 7.22. The molecular formula is C14H19FN2O3S2. The van der Waals surface area contributed by atoms with Gasteiger partial charge < -0.3 is 4.74 Å². The van der Waals surface area contributed by atoms with Gasteiger partial charge in [-0.25, -0.2) is 17.8 Å². The fraction of sp³-hybridized carbons (Fsp3) is 0.643. The average Bonchev–Trinajstić information content (AvgIpc) is 2.84. The third kappa shape index (κ3) is 2.83. The molecule has 2 fully saturated rings. The minimum Gasteiger partial charge on any atom is -0.471 e. The van der Waals surface area contributed by atoms with Gasteiger partial charge in [0.1, 0.15) is 6.10 Å². The zero-order valence-electron chi connectivity index (χ0n) is 12.5. The molecule has 1 aromatic rings. The monoisotopic (exact) mass is 346 g/mol. The number of thioether (sulfide) groups is 1. The summed E-state index contributed by atoms with van der Waals surface area (Å²) in [6, 6.07) is 2.84. The van der Waals surface area contributed by atoms with Crippen LogP contribution in [-0.2, 0) is 10.0 Å². The van der Waals surface area contributed by atoms with Crippen molar-refractivity contribution < 1.29 is 17.5 Å². The molecule has 0 saturated carbocycles. The van der Waals surface area contributed by atoms with Crippen LogP contribution in [0.3, 0.4) is 0 Å². The van der Waals surface area contributed by atoms with E-state index in [-0.39, 0.29) is 16.7 Å². The number of ether oxygens (including phenoxy) is 1. The normalized spacial score (nSPS) is 24.6. The number of hydrogen-bond donors (Lipinski definition) is 0. The highest BCUT2D eigenvalue weighted by Crippen LogP contribution is 2.47. The van der Waals surface area contributed by atoms with Crippen LogP contribution in [0.1, 0.15) is 20.3 Å². The maximum Gasteiger partial charge on any atom is 0.250 e. The first-order valence-corrected chi connectivity index (χ1v) is 9.71. The van der Waals surface area contributed by atoms with Crippen LogP contribution in [0.5, 0.6) is 5.88 Å². The first-order chi connectivity index (χ1) is 10.3. The Morgan fingerprint density at radius 2 is 2.23 bits per heavy atom. The van der Waals surface area contributed by atoms with Crippen molar-refractivity contribution in [2.75, 3.05) is 18.8 Å². The number of rotatable bonds is 4. The molecule has 122 valence electrons. The van der Waals surface area contributed by atoms with Crippen LogP contribution in [0.4, 0.5) is 4.39 Å². The predicted octanol–water partition coefficient (Wildman–Crippen LogP) is 1.90. The Kier molecular flexibility index (Phi) is 4.11. The quantitative estimate of drug-likeness (QED) is 0.833. The molecule has 2 saturated heterocycles. The van der Waals surface area contributed by atoms with Crippen molar-refractivity contribution in [3.8, 4) is 5.88 Å². The smallest absolute Gasteiger partial charge is 0.250 e. The van der Waals surface area contributed by atoms with Crippen LogP contribution in [0, 0.1) is 5.82 Å². The summed E-state index contributed by atoms with van der Waals surface area (Å²) in [4.78, 5) is 3.90. The van der Waals surface area contributed by atoms with E-state index in [1.165, 1.54) is 22.6 Å². The summed E-state index contributed by atoms with van der Waals surface area (Å²) in [5.74, 6) is 0.285. The van der Waals surface area contributed by atoms with E-state index < -0.39 is 21.1 Å². The third-order valence-electron chi connectivity index (χ3n) is 4.06. The molecule has 2 aliphatic rings. The van der Waals surface area contributed by atoms with Gasteiger partial charge in [0.25, 0.3) is 5.88 Å². The number of aromatic nitrogens is 1. The predicted molar refractivity (Wildman–Crippen MR) is 84.0 cm³/mol. The molecule has 0 radical (unpaired) electrons. The average molecular weight is 346 g/mol. The fourth-order valence-corrected chi connectivity index (χ4v) is 5.93. The summed E-state index contributed by atoms with van der Waals surface area (Å²) >= 11 is 1.71. The van der Waals surface area contributed by atoms with Crippen molar-refractivity contribution >= 4 is 21.8 Å². The Morgan fingerprint density at radius 1 is 1.50 bits per heavy atom. The van der Waals surface area contributed by atoms with Crippen LogP contribution in [0.2, 0.25) is 0 Å².